The number of hydrogen-bond donors (Lipinski definition) is 1. The van der Waals surface area contributed by atoms with E-state index in [9.17, 15) is 14.7 Å². The molecule has 31 heavy (non-hydrogen) atoms. The molecule has 0 saturated heterocycles. The maximum Gasteiger partial charge on any atom is 0.264 e. The van der Waals surface area contributed by atoms with Crippen LogP contribution in [0.3, 0.4) is 0 Å². The molecule has 158 valence electrons. The van der Waals surface area contributed by atoms with Crippen molar-refractivity contribution in [1.82, 2.24) is 0 Å². The average molecular weight is 434 g/mol. The van der Waals surface area contributed by atoms with Crippen molar-refractivity contribution < 1.29 is 14.7 Å². The molecular formula is C26H24ClNO3. The highest BCUT2D eigenvalue weighted by Crippen LogP contribution is 2.44. The number of aliphatic hydroxyl groups is 1. The van der Waals surface area contributed by atoms with Crippen LogP contribution in [0.1, 0.15) is 53.2 Å². The van der Waals surface area contributed by atoms with Crippen molar-refractivity contribution in [3.05, 3.63) is 100 Å². The van der Waals surface area contributed by atoms with Gasteiger partial charge >= 0.3 is 0 Å². The molecule has 3 aromatic rings. The Bertz CT molecular complexity index is 1130. The fraction of sp³-hybridized carbons (Fsp3) is 0.231. The Morgan fingerprint density at radius 1 is 1.03 bits per heavy atom. The van der Waals surface area contributed by atoms with Crippen LogP contribution < -0.4 is 4.90 Å². The van der Waals surface area contributed by atoms with E-state index in [2.05, 4.69) is 13.8 Å². The van der Waals surface area contributed by atoms with Gasteiger partial charge in [-0.2, -0.15) is 0 Å². The minimum Gasteiger partial charge on any atom is -0.375 e. The number of carbonyl (C=O) groups is 2. The molecule has 0 bridgehead atoms. The van der Waals surface area contributed by atoms with Gasteiger partial charge in [-0.05, 0) is 35.2 Å². The first-order chi connectivity index (χ1) is 14.8. The molecule has 1 atom stereocenters. The molecule has 5 heteroatoms. The lowest BCUT2D eigenvalue weighted by Gasteiger charge is -2.23. The largest absolute Gasteiger partial charge is 0.375 e. The zero-order chi connectivity index (χ0) is 22.2. The second-order valence-corrected chi connectivity index (χ2v) is 8.71. The fourth-order valence-electron chi connectivity index (χ4n) is 4.00. The second kappa shape index (κ2) is 8.29. The second-order valence-electron chi connectivity index (χ2n) is 8.28. The van der Waals surface area contributed by atoms with Gasteiger partial charge in [0.1, 0.15) is 0 Å². The number of amides is 1. The van der Waals surface area contributed by atoms with E-state index in [0.29, 0.717) is 34.3 Å². The van der Waals surface area contributed by atoms with Crippen molar-refractivity contribution in [1.29, 1.82) is 0 Å². The molecule has 0 spiro atoms. The summed E-state index contributed by atoms with van der Waals surface area (Å²) in [6.07, 6.45) is -0.342. The first-order valence-electron chi connectivity index (χ1n) is 10.3. The third kappa shape index (κ3) is 4.01. The summed E-state index contributed by atoms with van der Waals surface area (Å²) in [4.78, 5) is 27.9. The maximum atomic E-state index is 13.4. The molecule has 0 unspecified atom stereocenters. The summed E-state index contributed by atoms with van der Waals surface area (Å²) >= 11 is 6.18. The summed E-state index contributed by atoms with van der Waals surface area (Å²) in [5, 5.41) is 11.9. The van der Waals surface area contributed by atoms with Crippen LogP contribution in [0.25, 0.3) is 0 Å². The summed E-state index contributed by atoms with van der Waals surface area (Å²) in [6, 6.07) is 21.8. The monoisotopic (exact) mass is 433 g/mol. The number of ketones is 1. The molecule has 4 nitrogen and oxygen atoms in total. The van der Waals surface area contributed by atoms with Crippen LogP contribution in [0, 0.1) is 0 Å². The molecule has 1 amide bonds. The van der Waals surface area contributed by atoms with Gasteiger partial charge in [-0.3, -0.25) is 9.59 Å². The molecule has 0 fully saturated rings. The third-order valence-electron chi connectivity index (χ3n) is 5.79. The summed E-state index contributed by atoms with van der Waals surface area (Å²) in [5.41, 5.74) is 1.51. The van der Waals surface area contributed by atoms with Gasteiger partial charge in [0.05, 0.1) is 18.7 Å². The van der Waals surface area contributed by atoms with Crippen molar-refractivity contribution in [2.45, 2.75) is 38.3 Å². The number of hydrogen-bond acceptors (Lipinski definition) is 3. The van der Waals surface area contributed by atoms with Gasteiger partial charge in [-0.15, -0.1) is 0 Å². The van der Waals surface area contributed by atoms with E-state index in [0.717, 1.165) is 11.1 Å². The molecule has 0 radical (unpaired) electrons. The molecule has 3 aromatic carbocycles. The molecule has 1 aliphatic rings. The number of halogens is 1. The molecule has 4 rings (SSSR count). The number of nitrogens with zero attached hydrogens (tertiary/aromatic N) is 1. The first-order valence-corrected chi connectivity index (χ1v) is 10.7. The molecule has 1 N–H and O–H groups in total. The normalized spacial score (nSPS) is 17.8. The van der Waals surface area contributed by atoms with Gasteiger partial charge in [-0.1, -0.05) is 80.0 Å². The van der Waals surface area contributed by atoms with Gasteiger partial charge in [0.2, 0.25) is 0 Å². The van der Waals surface area contributed by atoms with Crippen molar-refractivity contribution in [2.75, 3.05) is 4.90 Å². The Hall–Kier alpha value is -2.95. The molecule has 0 saturated carbocycles. The van der Waals surface area contributed by atoms with E-state index in [1.165, 1.54) is 4.90 Å². The number of carbonyl (C=O) groups excluding carboxylic acids is 2. The molecule has 1 aliphatic heterocycles. The van der Waals surface area contributed by atoms with Crippen LogP contribution in [0.15, 0.2) is 72.8 Å². The minimum atomic E-state index is -1.96. The lowest BCUT2D eigenvalue weighted by molar-refractivity contribution is -0.136. The van der Waals surface area contributed by atoms with Gasteiger partial charge < -0.3 is 10.0 Å². The van der Waals surface area contributed by atoms with Crippen LogP contribution in [0.4, 0.5) is 5.69 Å². The Morgan fingerprint density at radius 3 is 2.35 bits per heavy atom. The number of benzene rings is 3. The number of rotatable bonds is 6. The van der Waals surface area contributed by atoms with Crippen molar-refractivity contribution in [3.63, 3.8) is 0 Å². The molecular weight excluding hydrogens is 410 g/mol. The van der Waals surface area contributed by atoms with Crippen LogP contribution in [0.5, 0.6) is 0 Å². The van der Waals surface area contributed by atoms with Crippen molar-refractivity contribution in [3.8, 4) is 0 Å². The van der Waals surface area contributed by atoms with Crippen molar-refractivity contribution in [2.24, 2.45) is 0 Å². The average Bonchev–Trinajstić information content (AvgIpc) is 2.96. The van der Waals surface area contributed by atoms with E-state index in [4.69, 9.17) is 11.6 Å². The van der Waals surface area contributed by atoms with E-state index >= 15 is 0 Å². The Balaban J connectivity index is 1.67. The summed E-state index contributed by atoms with van der Waals surface area (Å²) in [7, 11) is 0. The van der Waals surface area contributed by atoms with Gasteiger partial charge in [0.25, 0.3) is 5.91 Å². The Kier molecular flexibility index (Phi) is 5.69. The highest BCUT2D eigenvalue weighted by atomic mass is 35.5. The van der Waals surface area contributed by atoms with Gasteiger partial charge in [0, 0.05) is 16.1 Å². The molecule has 1 heterocycles. The fourth-order valence-corrected chi connectivity index (χ4v) is 4.18. The van der Waals surface area contributed by atoms with E-state index in [-0.39, 0.29) is 12.2 Å². The maximum absolute atomic E-state index is 13.4. The number of Topliss-reactive ketones (excluding diaryl/α,β-unsaturated/α-hetero) is 1. The molecule has 0 aliphatic carbocycles. The first kappa shape index (κ1) is 21.3. The van der Waals surface area contributed by atoms with Gasteiger partial charge in [-0.25, -0.2) is 0 Å². The topological polar surface area (TPSA) is 57.6 Å². The Morgan fingerprint density at radius 2 is 1.71 bits per heavy atom. The number of anilines is 1. The van der Waals surface area contributed by atoms with Crippen LogP contribution in [-0.4, -0.2) is 16.8 Å². The minimum absolute atomic E-state index is 0.293. The van der Waals surface area contributed by atoms with Crippen molar-refractivity contribution >= 4 is 29.0 Å². The predicted octanol–water partition coefficient (Wildman–Crippen LogP) is 5.47. The lowest BCUT2D eigenvalue weighted by atomic mass is 9.87. The zero-order valence-corrected chi connectivity index (χ0v) is 18.3. The summed E-state index contributed by atoms with van der Waals surface area (Å²) < 4.78 is 0. The number of fused-ring (bicyclic) bond motifs is 1. The summed E-state index contributed by atoms with van der Waals surface area (Å²) in [6.45, 7) is 4.46. The highest BCUT2D eigenvalue weighted by molar-refractivity contribution is 6.31. The lowest BCUT2D eigenvalue weighted by Crippen LogP contribution is -2.41. The third-order valence-corrected chi connectivity index (χ3v) is 6.03. The van der Waals surface area contributed by atoms with Gasteiger partial charge in [0.15, 0.2) is 11.4 Å². The van der Waals surface area contributed by atoms with E-state index < -0.39 is 11.5 Å². The van der Waals surface area contributed by atoms with E-state index in [1.54, 1.807) is 30.3 Å². The quantitative estimate of drug-likeness (QED) is 0.524. The SMILES string of the molecule is CC(C)c1ccc(C(=O)C[C@@]2(O)C(=O)N(Cc3ccccc3)c3ccc(Cl)cc32)cc1. The van der Waals surface area contributed by atoms with Crippen LogP contribution in [0.2, 0.25) is 5.02 Å². The predicted molar refractivity (Wildman–Crippen MR) is 122 cm³/mol. The van der Waals surface area contributed by atoms with E-state index in [1.807, 2.05) is 42.5 Å². The highest BCUT2D eigenvalue weighted by Gasteiger charge is 2.51. The van der Waals surface area contributed by atoms with Crippen LogP contribution >= 0.6 is 11.6 Å². The van der Waals surface area contributed by atoms with Crippen LogP contribution in [-0.2, 0) is 16.9 Å². The smallest absolute Gasteiger partial charge is 0.264 e. The molecule has 0 aromatic heterocycles. The Labute approximate surface area is 187 Å². The summed E-state index contributed by atoms with van der Waals surface area (Å²) in [5.74, 6) is -0.454. The zero-order valence-electron chi connectivity index (χ0n) is 17.5. The standard InChI is InChI=1S/C26H24ClNO3/c1-17(2)19-8-10-20(11-9-19)24(29)15-26(31)22-14-21(27)12-13-23(22)28(25(26)30)16-18-6-4-3-5-7-18/h3-14,17,31H,15-16H2,1-2H3/t26-/m0/s1.